The van der Waals surface area contributed by atoms with Crippen LogP contribution in [0.2, 0.25) is 0 Å². The lowest BCUT2D eigenvalue weighted by Gasteiger charge is -2.16. The molecule has 0 aliphatic heterocycles. The molecule has 0 saturated carbocycles. The minimum Gasteiger partial charge on any atom is -0.493 e. The lowest BCUT2D eigenvalue weighted by Crippen LogP contribution is -2.36. The average molecular weight is 364 g/mol. The molecule has 26 heavy (non-hydrogen) atoms. The maximum atomic E-state index is 12.5. The number of ether oxygens (including phenoxy) is 2. The van der Waals surface area contributed by atoms with E-state index in [9.17, 15) is 13.6 Å². The van der Waals surface area contributed by atoms with Gasteiger partial charge in [0, 0.05) is 17.8 Å². The summed E-state index contributed by atoms with van der Waals surface area (Å²) in [4.78, 5) is 12.1. The van der Waals surface area contributed by atoms with E-state index in [0.717, 1.165) is 12.8 Å². The Labute approximate surface area is 151 Å². The van der Waals surface area contributed by atoms with Gasteiger partial charge in [0.1, 0.15) is 0 Å². The van der Waals surface area contributed by atoms with Crippen molar-refractivity contribution in [2.45, 2.75) is 32.4 Å². The van der Waals surface area contributed by atoms with Crippen LogP contribution in [0.15, 0.2) is 48.5 Å². The number of carbonyl (C=O) groups excluding carboxylic acids is 1. The van der Waals surface area contributed by atoms with Gasteiger partial charge in [0.05, 0.1) is 7.11 Å². The molecule has 7 heteroatoms. The molecule has 2 aromatic rings. The van der Waals surface area contributed by atoms with Crippen molar-refractivity contribution in [1.82, 2.24) is 5.32 Å². The molecule has 2 N–H and O–H groups in total. The highest BCUT2D eigenvalue weighted by molar-refractivity contribution is 5.89. The number of nitrogens with one attached hydrogen (secondary N) is 2. The summed E-state index contributed by atoms with van der Waals surface area (Å²) in [5.41, 5.74) is 1.53. The average Bonchev–Trinajstić information content (AvgIpc) is 2.60. The van der Waals surface area contributed by atoms with Gasteiger partial charge in [-0.2, -0.15) is 8.78 Å². The molecule has 0 saturated heterocycles. The van der Waals surface area contributed by atoms with Gasteiger partial charge in [-0.15, -0.1) is 0 Å². The standard InChI is InChI=1S/C19H22F2N2O3/c1-13(8-9-14-6-4-3-5-7-14)22-19(24)23-15-10-11-16(25-2)17(12-15)26-18(20)21/h3-7,10-13,18H,8-9H2,1-2H3,(H2,22,23,24)/t13-/m1/s1. The van der Waals surface area contributed by atoms with Gasteiger partial charge in [-0.25, -0.2) is 4.79 Å². The van der Waals surface area contributed by atoms with Gasteiger partial charge >= 0.3 is 12.6 Å². The lowest BCUT2D eigenvalue weighted by molar-refractivity contribution is -0.0511. The van der Waals surface area contributed by atoms with Crippen LogP contribution in [0.25, 0.3) is 0 Å². The van der Waals surface area contributed by atoms with Gasteiger partial charge in [-0.3, -0.25) is 0 Å². The van der Waals surface area contributed by atoms with Crippen molar-refractivity contribution in [2.75, 3.05) is 12.4 Å². The second-order valence-electron chi connectivity index (χ2n) is 5.77. The molecule has 0 unspecified atom stereocenters. The van der Waals surface area contributed by atoms with E-state index in [1.54, 1.807) is 6.07 Å². The molecule has 0 aromatic heterocycles. The first-order valence-corrected chi connectivity index (χ1v) is 8.22. The number of urea groups is 1. The number of alkyl halides is 2. The van der Waals surface area contributed by atoms with Crippen LogP contribution in [0.5, 0.6) is 11.5 Å². The van der Waals surface area contributed by atoms with Crippen LogP contribution in [-0.4, -0.2) is 25.8 Å². The third-order valence-corrected chi connectivity index (χ3v) is 3.72. The summed E-state index contributed by atoms with van der Waals surface area (Å²) >= 11 is 0. The normalized spacial score (nSPS) is 11.7. The first kappa shape index (κ1) is 19.5. The Morgan fingerprint density at radius 2 is 1.85 bits per heavy atom. The first-order chi connectivity index (χ1) is 12.5. The van der Waals surface area contributed by atoms with Crippen molar-refractivity contribution in [2.24, 2.45) is 0 Å². The van der Waals surface area contributed by atoms with Crippen molar-refractivity contribution in [3.8, 4) is 11.5 Å². The highest BCUT2D eigenvalue weighted by Gasteiger charge is 2.13. The molecule has 0 aliphatic rings. The van der Waals surface area contributed by atoms with E-state index < -0.39 is 12.6 Å². The molecule has 2 aromatic carbocycles. The molecule has 0 aliphatic carbocycles. The van der Waals surface area contributed by atoms with Gasteiger partial charge < -0.3 is 20.1 Å². The number of methoxy groups -OCH3 is 1. The summed E-state index contributed by atoms with van der Waals surface area (Å²) in [5, 5.41) is 5.42. The number of rotatable bonds is 8. The number of hydrogen-bond acceptors (Lipinski definition) is 3. The molecule has 0 bridgehead atoms. The predicted octanol–water partition coefficient (Wildman–Crippen LogP) is 4.44. The zero-order valence-corrected chi connectivity index (χ0v) is 14.7. The first-order valence-electron chi connectivity index (χ1n) is 8.22. The summed E-state index contributed by atoms with van der Waals surface area (Å²) < 4.78 is 34.3. The molecular weight excluding hydrogens is 342 g/mol. The van der Waals surface area contributed by atoms with E-state index in [1.165, 1.54) is 24.8 Å². The van der Waals surface area contributed by atoms with Crippen LogP contribution in [0.1, 0.15) is 18.9 Å². The second-order valence-corrected chi connectivity index (χ2v) is 5.77. The van der Waals surface area contributed by atoms with Gasteiger partial charge in [0.2, 0.25) is 0 Å². The number of amides is 2. The smallest absolute Gasteiger partial charge is 0.387 e. The molecule has 140 valence electrons. The topological polar surface area (TPSA) is 59.6 Å². The van der Waals surface area contributed by atoms with Crippen molar-refractivity contribution in [3.63, 3.8) is 0 Å². The van der Waals surface area contributed by atoms with Crippen LogP contribution in [0, 0.1) is 0 Å². The fourth-order valence-corrected chi connectivity index (χ4v) is 2.43. The predicted molar refractivity (Wildman–Crippen MR) is 96.0 cm³/mol. The summed E-state index contributed by atoms with van der Waals surface area (Å²) in [7, 11) is 1.35. The van der Waals surface area contributed by atoms with Gasteiger partial charge in [-0.1, -0.05) is 30.3 Å². The Morgan fingerprint density at radius 3 is 2.50 bits per heavy atom. The highest BCUT2D eigenvalue weighted by Crippen LogP contribution is 2.31. The van der Waals surface area contributed by atoms with Crippen LogP contribution in [0.3, 0.4) is 0 Å². The number of halogens is 2. The van der Waals surface area contributed by atoms with Gasteiger partial charge in [0.15, 0.2) is 11.5 Å². The van der Waals surface area contributed by atoms with E-state index in [0.29, 0.717) is 5.69 Å². The molecule has 0 heterocycles. The maximum absolute atomic E-state index is 12.5. The Kier molecular flexibility index (Phi) is 7.20. The maximum Gasteiger partial charge on any atom is 0.387 e. The zero-order chi connectivity index (χ0) is 18.9. The van der Waals surface area contributed by atoms with E-state index in [-0.39, 0.29) is 17.5 Å². The largest absolute Gasteiger partial charge is 0.493 e. The Balaban J connectivity index is 1.88. The molecule has 2 amide bonds. The summed E-state index contributed by atoms with van der Waals surface area (Å²) in [6.07, 6.45) is 1.62. The fraction of sp³-hybridized carbons (Fsp3) is 0.316. The number of aryl methyl sites for hydroxylation is 1. The number of anilines is 1. The van der Waals surface area contributed by atoms with Crippen molar-refractivity contribution in [1.29, 1.82) is 0 Å². The lowest BCUT2D eigenvalue weighted by atomic mass is 10.1. The SMILES string of the molecule is COc1ccc(NC(=O)N[C@H](C)CCc2ccccc2)cc1OC(F)F. The summed E-state index contributed by atoms with van der Waals surface area (Å²) in [6, 6.07) is 13.8. The van der Waals surface area contributed by atoms with Crippen LogP contribution in [-0.2, 0) is 6.42 Å². The van der Waals surface area contributed by atoms with Crippen LogP contribution in [0.4, 0.5) is 19.3 Å². The molecule has 0 fully saturated rings. The third kappa shape index (κ3) is 6.23. The summed E-state index contributed by atoms with van der Waals surface area (Å²) in [5.74, 6) is 0.0184. The molecule has 2 rings (SSSR count). The van der Waals surface area contributed by atoms with E-state index in [2.05, 4.69) is 15.4 Å². The fourth-order valence-electron chi connectivity index (χ4n) is 2.43. The number of carbonyl (C=O) groups is 1. The molecule has 1 atom stereocenters. The monoisotopic (exact) mass is 364 g/mol. The molecule has 0 spiro atoms. The second kappa shape index (κ2) is 9.60. The minimum absolute atomic E-state index is 0.0507. The highest BCUT2D eigenvalue weighted by atomic mass is 19.3. The third-order valence-electron chi connectivity index (χ3n) is 3.72. The minimum atomic E-state index is -2.98. The Hall–Kier alpha value is -2.83. The van der Waals surface area contributed by atoms with Gasteiger partial charge in [-0.05, 0) is 37.5 Å². The van der Waals surface area contributed by atoms with Crippen molar-refractivity contribution in [3.05, 3.63) is 54.1 Å². The van der Waals surface area contributed by atoms with Crippen LogP contribution >= 0.6 is 0 Å². The molecule has 0 radical (unpaired) electrons. The van der Waals surface area contributed by atoms with E-state index in [1.807, 2.05) is 37.3 Å². The van der Waals surface area contributed by atoms with Crippen LogP contribution < -0.4 is 20.1 Å². The van der Waals surface area contributed by atoms with Gasteiger partial charge in [0.25, 0.3) is 0 Å². The molecular formula is C19H22F2N2O3. The summed E-state index contributed by atoms with van der Waals surface area (Å²) in [6.45, 7) is -1.08. The number of hydrogen-bond donors (Lipinski definition) is 2. The van der Waals surface area contributed by atoms with E-state index >= 15 is 0 Å². The zero-order valence-electron chi connectivity index (χ0n) is 14.7. The number of benzene rings is 2. The molecule has 5 nitrogen and oxygen atoms in total. The van der Waals surface area contributed by atoms with E-state index in [4.69, 9.17) is 4.74 Å². The Morgan fingerprint density at radius 1 is 1.12 bits per heavy atom. The quantitative estimate of drug-likeness (QED) is 0.728. The Bertz CT molecular complexity index is 711. The van der Waals surface area contributed by atoms with Crippen molar-refractivity contribution < 1.29 is 23.0 Å². The van der Waals surface area contributed by atoms with Crippen molar-refractivity contribution >= 4 is 11.7 Å².